The summed E-state index contributed by atoms with van der Waals surface area (Å²) in [5, 5.41) is 0. The zero-order chi connectivity index (χ0) is 21.6. The summed E-state index contributed by atoms with van der Waals surface area (Å²) in [5.41, 5.74) is 0.371. The van der Waals surface area contributed by atoms with E-state index in [1.807, 2.05) is 0 Å². The highest BCUT2D eigenvalue weighted by molar-refractivity contribution is 6.05. The Morgan fingerprint density at radius 1 is 0.839 bits per heavy atom. The SMILES string of the molecule is COC(=O)C12C(C=O)C3C4C5=C(CCCCCC5)C35CCCCCCC51C42C(=O)OC. The van der Waals surface area contributed by atoms with Gasteiger partial charge in [0.1, 0.15) is 11.7 Å². The van der Waals surface area contributed by atoms with Gasteiger partial charge in [0.15, 0.2) is 0 Å². The number of hydrogen-bond acceptors (Lipinski definition) is 5. The van der Waals surface area contributed by atoms with Crippen molar-refractivity contribution in [3.05, 3.63) is 11.1 Å². The van der Waals surface area contributed by atoms with Gasteiger partial charge in [-0.05, 0) is 44.4 Å². The van der Waals surface area contributed by atoms with Crippen molar-refractivity contribution in [2.75, 3.05) is 14.2 Å². The van der Waals surface area contributed by atoms with Crippen molar-refractivity contribution in [1.82, 2.24) is 0 Å². The molecule has 31 heavy (non-hydrogen) atoms. The molecule has 7 aliphatic rings. The van der Waals surface area contributed by atoms with Crippen molar-refractivity contribution in [3.63, 3.8) is 0 Å². The van der Waals surface area contributed by atoms with E-state index in [1.54, 1.807) is 5.57 Å². The Balaban J connectivity index is 1.69. The molecule has 7 rings (SSSR count). The van der Waals surface area contributed by atoms with Crippen molar-refractivity contribution >= 4 is 18.2 Å². The third-order valence-corrected chi connectivity index (χ3v) is 10.9. The number of carbonyl (C=O) groups excluding carboxylic acids is 3. The molecule has 0 amide bonds. The molecular formula is C26H34O5. The van der Waals surface area contributed by atoms with Crippen LogP contribution < -0.4 is 0 Å². The predicted molar refractivity (Wildman–Crippen MR) is 113 cm³/mol. The van der Waals surface area contributed by atoms with E-state index in [0.717, 1.165) is 57.7 Å². The summed E-state index contributed by atoms with van der Waals surface area (Å²) < 4.78 is 10.9. The predicted octanol–water partition coefficient (Wildman–Crippen LogP) is 4.38. The second-order valence-electron chi connectivity index (χ2n) is 11.0. The molecule has 7 unspecified atom stereocenters. The highest BCUT2D eigenvalue weighted by Crippen LogP contribution is 3.07. The Morgan fingerprint density at radius 2 is 1.45 bits per heavy atom. The van der Waals surface area contributed by atoms with Crippen molar-refractivity contribution in [2.24, 2.45) is 39.4 Å². The molecule has 5 nitrogen and oxygen atoms in total. The highest BCUT2D eigenvalue weighted by Gasteiger charge is 3.12. The topological polar surface area (TPSA) is 69.7 Å². The van der Waals surface area contributed by atoms with Crippen LogP contribution in [0.3, 0.4) is 0 Å². The van der Waals surface area contributed by atoms with Gasteiger partial charge in [-0.3, -0.25) is 9.59 Å². The van der Waals surface area contributed by atoms with Gasteiger partial charge in [-0.25, -0.2) is 0 Å². The summed E-state index contributed by atoms with van der Waals surface area (Å²) in [7, 11) is 2.88. The zero-order valence-electron chi connectivity index (χ0n) is 18.8. The molecule has 5 fully saturated rings. The number of allylic oxidation sites excluding steroid dienone is 2. The van der Waals surface area contributed by atoms with E-state index in [9.17, 15) is 14.4 Å². The van der Waals surface area contributed by atoms with Crippen LogP contribution in [0.15, 0.2) is 11.1 Å². The first kappa shape index (κ1) is 20.0. The maximum atomic E-state index is 13.8. The van der Waals surface area contributed by atoms with Crippen molar-refractivity contribution < 1.29 is 23.9 Å². The molecule has 2 spiro atoms. The van der Waals surface area contributed by atoms with Crippen LogP contribution in [0.25, 0.3) is 0 Å². The monoisotopic (exact) mass is 426 g/mol. The highest BCUT2D eigenvalue weighted by atomic mass is 16.5. The van der Waals surface area contributed by atoms with Gasteiger partial charge >= 0.3 is 11.9 Å². The molecule has 6 bridgehead atoms. The fourth-order valence-electron chi connectivity index (χ4n) is 10.9. The Hall–Kier alpha value is -1.65. The van der Waals surface area contributed by atoms with Gasteiger partial charge in [0, 0.05) is 22.7 Å². The molecule has 5 saturated carbocycles. The van der Waals surface area contributed by atoms with E-state index < -0.39 is 22.2 Å². The first-order valence-electron chi connectivity index (χ1n) is 12.4. The molecule has 7 atom stereocenters. The minimum absolute atomic E-state index is 0.0135. The summed E-state index contributed by atoms with van der Waals surface area (Å²) in [5.74, 6) is -0.964. The molecule has 0 radical (unpaired) electrons. The number of hydrogen-bond donors (Lipinski definition) is 0. The van der Waals surface area contributed by atoms with E-state index in [1.165, 1.54) is 45.5 Å². The second kappa shape index (κ2) is 6.23. The van der Waals surface area contributed by atoms with Crippen LogP contribution >= 0.6 is 0 Å². The number of rotatable bonds is 3. The normalized spacial score (nSPS) is 49.2. The molecule has 7 aliphatic carbocycles. The minimum atomic E-state index is -1.03. The standard InChI is InChI=1S/C26H34O5/c1-30-21(28)25-18(15-27)20-19-16-11-7-3-4-8-12-17(16)23(20)13-9-5-6-10-14-24(23,25)26(19,25)22(29)31-2/h15,18-20H,3-14H2,1-2H3. The fraction of sp³-hybridized carbons (Fsp3) is 0.808. The summed E-state index contributed by atoms with van der Waals surface area (Å²) >= 11 is 0. The van der Waals surface area contributed by atoms with E-state index in [-0.39, 0.29) is 29.2 Å². The molecule has 0 aliphatic heterocycles. The van der Waals surface area contributed by atoms with Crippen LogP contribution in [0.2, 0.25) is 0 Å². The Morgan fingerprint density at radius 3 is 2.13 bits per heavy atom. The van der Waals surface area contributed by atoms with Crippen LogP contribution in [0.1, 0.15) is 77.0 Å². The van der Waals surface area contributed by atoms with Gasteiger partial charge in [0.05, 0.1) is 19.6 Å². The Bertz CT molecular complexity index is 905. The average molecular weight is 427 g/mol. The van der Waals surface area contributed by atoms with Crippen molar-refractivity contribution in [1.29, 1.82) is 0 Å². The lowest BCUT2D eigenvalue weighted by atomic mass is 9.59. The molecule has 0 aromatic rings. The first-order chi connectivity index (χ1) is 15.1. The lowest BCUT2D eigenvalue weighted by molar-refractivity contribution is -0.158. The third kappa shape index (κ3) is 1.62. The van der Waals surface area contributed by atoms with E-state index in [4.69, 9.17) is 9.47 Å². The van der Waals surface area contributed by atoms with Crippen LogP contribution in [-0.4, -0.2) is 32.4 Å². The van der Waals surface area contributed by atoms with Crippen molar-refractivity contribution in [2.45, 2.75) is 77.0 Å². The molecule has 0 aromatic heterocycles. The number of ether oxygens (including phenoxy) is 2. The smallest absolute Gasteiger partial charge is 0.314 e. The van der Waals surface area contributed by atoms with E-state index >= 15 is 0 Å². The van der Waals surface area contributed by atoms with Crippen LogP contribution in [0.4, 0.5) is 0 Å². The largest absolute Gasteiger partial charge is 0.469 e. The maximum Gasteiger partial charge on any atom is 0.314 e. The van der Waals surface area contributed by atoms with Crippen LogP contribution in [0, 0.1) is 39.4 Å². The lowest BCUT2D eigenvalue weighted by Gasteiger charge is -2.44. The molecule has 0 aromatic carbocycles. The van der Waals surface area contributed by atoms with Gasteiger partial charge in [0.25, 0.3) is 0 Å². The molecule has 5 heteroatoms. The summed E-state index contributed by atoms with van der Waals surface area (Å²) in [6.45, 7) is 0. The van der Waals surface area contributed by atoms with Gasteiger partial charge < -0.3 is 14.3 Å². The number of aldehydes is 1. The Labute approximate surface area is 184 Å². The zero-order valence-corrected chi connectivity index (χ0v) is 18.8. The van der Waals surface area contributed by atoms with Gasteiger partial charge in [-0.1, -0.05) is 49.7 Å². The van der Waals surface area contributed by atoms with E-state index in [0.29, 0.717) is 0 Å². The molecule has 168 valence electrons. The number of carbonyl (C=O) groups is 3. The molecule has 0 heterocycles. The van der Waals surface area contributed by atoms with E-state index in [2.05, 4.69) is 0 Å². The first-order valence-corrected chi connectivity index (χ1v) is 12.4. The van der Waals surface area contributed by atoms with Gasteiger partial charge in [0.2, 0.25) is 0 Å². The summed E-state index contributed by atoms with van der Waals surface area (Å²) in [6, 6.07) is 0. The number of esters is 2. The molecular weight excluding hydrogens is 392 g/mol. The van der Waals surface area contributed by atoms with Crippen LogP contribution in [0.5, 0.6) is 0 Å². The third-order valence-electron chi connectivity index (χ3n) is 10.9. The molecule has 0 saturated heterocycles. The average Bonchev–Trinajstić information content (AvgIpc) is 2.90. The second-order valence-corrected chi connectivity index (χ2v) is 11.0. The molecule has 0 N–H and O–H groups in total. The Kier molecular flexibility index (Phi) is 4.02. The minimum Gasteiger partial charge on any atom is -0.469 e. The van der Waals surface area contributed by atoms with Crippen molar-refractivity contribution in [3.8, 4) is 0 Å². The summed E-state index contributed by atoms with van der Waals surface area (Å²) in [6.07, 6.45) is 14.2. The van der Waals surface area contributed by atoms with Gasteiger partial charge in [-0.2, -0.15) is 0 Å². The van der Waals surface area contributed by atoms with Crippen LogP contribution in [-0.2, 0) is 23.9 Å². The quantitative estimate of drug-likeness (QED) is 0.380. The maximum absolute atomic E-state index is 13.8. The summed E-state index contributed by atoms with van der Waals surface area (Å²) in [4.78, 5) is 40.3. The lowest BCUT2D eigenvalue weighted by Crippen LogP contribution is -2.39. The van der Waals surface area contributed by atoms with Gasteiger partial charge in [-0.15, -0.1) is 0 Å². The fourth-order valence-corrected chi connectivity index (χ4v) is 10.9. The number of methoxy groups -OCH3 is 2.